The summed E-state index contributed by atoms with van der Waals surface area (Å²) in [5, 5.41) is 0. The van der Waals surface area contributed by atoms with Crippen LogP contribution in [-0.2, 0) is 0 Å². The Morgan fingerprint density at radius 2 is 2.25 bits per heavy atom. The van der Waals surface area contributed by atoms with E-state index in [4.69, 9.17) is 0 Å². The van der Waals surface area contributed by atoms with Crippen molar-refractivity contribution in [3.8, 4) is 0 Å². The number of aldehydes is 1. The van der Waals surface area contributed by atoms with Gasteiger partial charge in [-0.15, -0.1) is 0 Å². The van der Waals surface area contributed by atoms with E-state index >= 15 is 0 Å². The van der Waals surface area contributed by atoms with Crippen LogP contribution in [0.3, 0.4) is 0 Å². The Labute approximate surface area is 69.7 Å². The second-order valence-electron chi connectivity index (χ2n) is 2.83. The molecular weight excluding hydrogens is 156 g/mol. The van der Waals surface area contributed by atoms with E-state index in [0.717, 1.165) is 0 Å². The number of carbonyl (C=O) groups excluding carboxylic acids is 1. The zero-order valence-electron chi connectivity index (χ0n) is 7.00. The molecule has 0 unspecified atom stereocenters. The maximum atomic E-state index is 10.9. The van der Waals surface area contributed by atoms with Crippen molar-refractivity contribution in [2.45, 2.75) is 19.8 Å². The van der Waals surface area contributed by atoms with Gasteiger partial charge in [0.1, 0.15) is 11.5 Å². The highest BCUT2D eigenvalue weighted by atomic mass is 16.1. The van der Waals surface area contributed by atoms with Crippen molar-refractivity contribution in [1.82, 2.24) is 9.97 Å². The predicted molar refractivity (Wildman–Crippen MR) is 44.3 cm³/mol. The van der Waals surface area contributed by atoms with Crippen molar-refractivity contribution in [3.63, 3.8) is 0 Å². The SMILES string of the molecule is CC(C)c1nc(C=O)cc(=O)[nH]1. The van der Waals surface area contributed by atoms with Crippen molar-refractivity contribution in [1.29, 1.82) is 0 Å². The second-order valence-corrected chi connectivity index (χ2v) is 2.83. The molecule has 0 saturated carbocycles. The fraction of sp³-hybridized carbons (Fsp3) is 0.375. The minimum Gasteiger partial charge on any atom is -0.310 e. The number of hydrogen-bond acceptors (Lipinski definition) is 3. The Morgan fingerprint density at radius 3 is 2.75 bits per heavy atom. The molecule has 0 fully saturated rings. The largest absolute Gasteiger partial charge is 0.310 e. The van der Waals surface area contributed by atoms with Gasteiger partial charge in [-0.25, -0.2) is 4.98 Å². The van der Waals surface area contributed by atoms with Gasteiger partial charge >= 0.3 is 0 Å². The third kappa shape index (κ3) is 1.78. The molecule has 4 nitrogen and oxygen atoms in total. The minimum absolute atomic E-state index is 0.123. The van der Waals surface area contributed by atoms with E-state index in [9.17, 15) is 9.59 Å². The summed E-state index contributed by atoms with van der Waals surface area (Å²) in [5.74, 6) is 0.669. The Hall–Kier alpha value is -1.45. The van der Waals surface area contributed by atoms with Gasteiger partial charge in [0.15, 0.2) is 6.29 Å². The number of nitrogens with one attached hydrogen (secondary N) is 1. The van der Waals surface area contributed by atoms with Crippen molar-refractivity contribution in [2.75, 3.05) is 0 Å². The average molecular weight is 166 g/mol. The molecule has 0 aliphatic rings. The Bertz CT molecular complexity index is 341. The van der Waals surface area contributed by atoms with Crippen LogP contribution >= 0.6 is 0 Å². The number of rotatable bonds is 2. The second kappa shape index (κ2) is 3.30. The summed E-state index contributed by atoms with van der Waals surface area (Å²) in [5.41, 5.74) is -0.0988. The molecule has 1 heterocycles. The molecule has 0 saturated heterocycles. The zero-order valence-corrected chi connectivity index (χ0v) is 7.00. The highest BCUT2D eigenvalue weighted by Crippen LogP contribution is 2.05. The molecule has 1 aromatic heterocycles. The van der Waals surface area contributed by atoms with E-state index in [-0.39, 0.29) is 17.2 Å². The number of hydrogen-bond donors (Lipinski definition) is 1. The lowest BCUT2D eigenvalue weighted by molar-refractivity contribution is 0.111. The predicted octanol–water partition coefficient (Wildman–Crippen LogP) is 0.706. The highest BCUT2D eigenvalue weighted by Gasteiger charge is 2.03. The molecule has 64 valence electrons. The molecule has 0 spiro atoms. The van der Waals surface area contributed by atoms with Crippen molar-refractivity contribution >= 4 is 6.29 Å². The standard InChI is InChI=1S/C8H10N2O2/c1-5(2)8-9-6(4-11)3-7(12)10-8/h3-5H,1-2H3,(H,9,10,12). The first kappa shape index (κ1) is 8.64. The summed E-state index contributed by atoms with van der Waals surface area (Å²) in [6.07, 6.45) is 0.571. The Morgan fingerprint density at radius 1 is 1.58 bits per heavy atom. The van der Waals surface area contributed by atoms with E-state index < -0.39 is 0 Å². The maximum Gasteiger partial charge on any atom is 0.251 e. The molecule has 1 rings (SSSR count). The quantitative estimate of drug-likeness (QED) is 0.658. The lowest BCUT2D eigenvalue weighted by Crippen LogP contribution is -2.13. The summed E-state index contributed by atoms with van der Waals surface area (Å²) < 4.78 is 0. The van der Waals surface area contributed by atoms with Crippen molar-refractivity contribution in [3.05, 3.63) is 27.9 Å². The first-order valence-electron chi connectivity index (χ1n) is 3.70. The van der Waals surface area contributed by atoms with Crippen LogP contribution < -0.4 is 5.56 Å². The fourth-order valence-electron chi connectivity index (χ4n) is 0.830. The van der Waals surface area contributed by atoms with Gasteiger partial charge in [0.05, 0.1) is 0 Å². The topological polar surface area (TPSA) is 62.8 Å². The molecule has 0 radical (unpaired) electrons. The molecule has 0 aromatic carbocycles. The van der Waals surface area contributed by atoms with Crippen LogP contribution in [0.5, 0.6) is 0 Å². The van der Waals surface area contributed by atoms with Gasteiger partial charge in [-0.2, -0.15) is 0 Å². The number of aromatic amines is 1. The third-order valence-corrected chi connectivity index (χ3v) is 1.45. The molecule has 0 amide bonds. The third-order valence-electron chi connectivity index (χ3n) is 1.45. The van der Waals surface area contributed by atoms with Crippen molar-refractivity contribution in [2.24, 2.45) is 0 Å². The monoisotopic (exact) mass is 166 g/mol. The van der Waals surface area contributed by atoms with Gasteiger partial charge in [0.25, 0.3) is 5.56 Å². The highest BCUT2D eigenvalue weighted by molar-refractivity contribution is 5.71. The van der Waals surface area contributed by atoms with E-state index in [2.05, 4.69) is 9.97 Å². The van der Waals surface area contributed by atoms with Gasteiger partial charge in [-0.05, 0) is 0 Å². The number of aromatic nitrogens is 2. The average Bonchev–Trinajstić information content (AvgIpc) is 2.03. The van der Waals surface area contributed by atoms with E-state index in [1.165, 1.54) is 6.07 Å². The number of carbonyl (C=O) groups is 1. The molecule has 1 N–H and O–H groups in total. The number of H-pyrrole nitrogens is 1. The molecule has 1 aromatic rings. The molecule has 4 heteroatoms. The molecular formula is C8H10N2O2. The van der Waals surface area contributed by atoms with Crippen LogP contribution in [0.4, 0.5) is 0 Å². The molecule has 0 aliphatic heterocycles. The van der Waals surface area contributed by atoms with Crippen LogP contribution in [0.15, 0.2) is 10.9 Å². The molecule has 0 atom stereocenters. The summed E-state index contributed by atoms with van der Waals surface area (Å²) in [6, 6.07) is 1.18. The van der Waals surface area contributed by atoms with Crippen molar-refractivity contribution < 1.29 is 4.79 Å². The molecule has 0 aliphatic carbocycles. The first-order chi connectivity index (χ1) is 5.63. The summed E-state index contributed by atoms with van der Waals surface area (Å²) in [7, 11) is 0. The zero-order chi connectivity index (χ0) is 9.14. The van der Waals surface area contributed by atoms with Crippen LogP contribution in [0, 0.1) is 0 Å². The van der Waals surface area contributed by atoms with Gasteiger partial charge in [0, 0.05) is 12.0 Å². The minimum atomic E-state index is -0.282. The fourth-order valence-corrected chi connectivity index (χ4v) is 0.830. The van der Waals surface area contributed by atoms with Crippen LogP contribution in [0.1, 0.15) is 36.1 Å². The van der Waals surface area contributed by atoms with Gasteiger partial charge < -0.3 is 4.98 Å². The van der Waals surface area contributed by atoms with E-state index in [1.807, 2.05) is 13.8 Å². The smallest absolute Gasteiger partial charge is 0.251 e. The lowest BCUT2D eigenvalue weighted by Gasteiger charge is -2.02. The van der Waals surface area contributed by atoms with Gasteiger partial charge in [-0.3, -0.25) is 9.59 Å². The summed E-state index contributed by atoms with van der Waals surface area (Å²) in [4.78, 5) is 27.7. The van der Waals surface area contributed by atoms with Gasteiger partial charge in [-0.1, -0.05) is 13.8 Å². The van der Waals surface area contributed by atoms with E-state index in [0.29, 0.717) is 12.1 Å². The first-order valence-corrected chi connectivity index (χ1v) is 3.70. The lowest BCUT2D eigenvalue weighted by atomic mass is 10.2. The van der Waals surface area contributed by atoms with Crippen LogP contribution in [0.25, 0.3) is 0 Å². The van der Waals surface area contributed by atoms with Crippen LogP contribution in [0.2, 0.25) is 0 Å². The maximum absolute atomic E-state index is 10.9. The van der Waals surface area contributed by atoms with Gasteiger partial charge in [0.2, 0.25) is 0 Å². The molecule has 0 bridgehead atoms. The summed E-state index contributed by atoms with van der Waals surface area (Å²) in [6.45, 7) is 3.79. The van der Waals surface area contributed by atoms with Crippen LogP contribution in [-0.4, -0.2) is 16.3 Å². The summed E-state index contributed by atoms with van der Waals surface area (Å²) >= 11 is 0. The Kier molecular flexibility index (Phi) is 2.38. The Balaban J connectivity index is 3.24. The molecule has 12 heavy (non-hydrogen) atoms. The van der Waals surface area contributed by atoms with E-state index in [1.54, 1.807) is 0 Å². The normalized spacial score (nSPS) is 10.2. The number of nitrogens with zero attached hydrogens (tertiary/aromatic N) is 1.